The number of halogens is 2. The first-order chi connectivity index (χ1) is 13.1. The fraction of sp³-hybridized carbons (Fsp3) is 0.0952. The molecule has 0 bridgehead atoms. The van der Waals surface area contributed by atoms with Crippen LogP contribution in [0.4, 0.5) is 0 Å². The lowest BCUT2D eigenvalue weighted by atomic mass is 10.2. The summed E-state index contributed by atoms with van der Waals surface area (Å²) in [5.41, 5.74) is 1.69. The molecule has 0 radical (unpaired) electrons. The Balaban J connectivity index is 1.92. The Morgan fingerprint density at radius 3 is 1.78 bits per heavy atom. The first kappa shape index (κ1) is 19.1. The first-order valence-electron chi connectivity index (χ1n) is 8.15. The molecule has 0 atom stereocenters. The maximum absolute atomic E-state index is 11.5. The highest BCUT2D eigenvalue weighted by molar-refractivity contribution is 6.38. The maximum Gasteiger partial charge on any atom is 0.337 e. The molecular formula is C21H16Cl2O4. The van der Waals surface area contributed by atoms with E-state index in [1.807, 2.05) is 60.7 Å². The molecule has 4 nitrogen and oxygen atoms in total. The molecule has 0 unspecified atom stereocenters. The minimum absolute atomic E-state index is 0.0501. The maximum atomic E-state index is 11.5. The summed E-state index contributed by atoms with van der Waals surface area (Å²) in [5.74, 6) is -0.867. The number of hydrogen-bond acceptors (Lipinski definition) is 3. The van der Waals surface area contributed by atoms with Gasteiger partial charge in [-0.1, -0.05) is 83.9 Å². The van der Waals surface area contributed by atoms with Crippen molar-refractivity contribution in [1.82, 2.24) is 0 Å². The van der Waals surface area contributed by atoms with Gasteiger partial charge in [0.25, 0.3) is 0 Å². The van der Waals surface area contributed by atoms with Crippen LogP contribution in [0.3, 0.4) is 0 Å². The Morgan fingerprint density at radius 1 is 0.815 bits per heavy atom. The molecule has 0 aromatic heterocycles. The van der Waals surface area contributed by atoms with Crippen LogP contribution in [0, 0.1) is 0 Å². The molecular weight excluding hydrogens is 387 g/mol. The van der Waals surface area contributed by atoms with Crippen molar-refractivity contribution in [1.29, 1.82) is 0 Å². The summed E-state index contributed by atoms with van der Waals surface area (Å²) in [7, 11) is 0. The number of carbonyl (C=O) groups is 1. The Hall–Kier alpha value is -2.69. The van der Waals surface area contributed by atoms with Crippen LogP contribution in [0.25, 0.3) is 0 Å². The van der Waals surface area contributed by atoms with E-state index in [1.165, 1.54) is 6.07 Å². The first-order valence-corrected chi connectivity index (χ1v) is 8.90. The van der Waals surface area contributed by atoms with Gasteiger partial charge in [-0.05, 0) is 17.2 Å². The van der Waals surface area contributed by atoms with Crippen molar-refractivity contribution < 1.29 is 19.4 Å². The molecule has 0 saturated carbocycles. The zero-order chi connectivity index (χ0) is 19.2. The molecule has 3 aromatic rings. The molecule has 0 heterocycles. The van der Waals surface area contributed by atoms with Crippen LogP contribution in [0.2, 0.25) is 10.0 Å². The number of carboxylic acids is 1. The second-order valence-electron chi connectivity index (χ2n) is 5.73. The number of rotatable bonds is 7. The van der Waals surface area contributed by atoms with Gasteiger partial charge >= 0.3 is 5.97 Å². The molecule has 0 fully saturated rings. The van der Waals surface area contributed by atoms with Gasteiger partial charge in [0.2, 0.25) is 0 Å². The van der Waals surface area contributed by atoms with Gasteiger partial charge in [0, 0.05) is 0 Å². The van der Waals surface area contributed by atoms with Gasteiger partial charge in [-0.2, -0.15) is 0 Å². The molecule has 1 N–H and O–H groups in total. The molecule has 0 aliphatic rings. The van der Waals surface area contributed by atoms with Gasteiger partial charge in [-0.3, -0.25) is 0 Å². The fourth-order valence-electron chi connectivity index (χ4n) is 2.46. The monoisotopic (exact) mass is 402 g/mol. The van der Waals surface area contributed by atoms with Gasteiger partial charge in [0.05, 0.1) is 10.6 Å². The minimum Gasteiger partial charge on any atom is -0.483 e. The zero-order valence-electron chi connectivity index (χ0n) is 14.2. The quantitative estimate of drug-likeness (QED) is 0.538. The standard InChI is InChI=1S/C21H16Cl2O4/c22-17-11-16(21(24)25)18(23)20(27-13-15-9-5-2-6-10-15)19(17)26-12-14-7-3-1-4-8-14/h1-11H,12-13H2,(H,24,25). The molecule has 0 amide bonds. The van der Waals surface area contributed by atoms with Crippen LogP contribution in [0.5, 0.6) is 11.5 Å². The highest BCUT2D eigenvalue weighted by Crippen LogP contribution is 2.44. The van der Waals surface area contributed by atoms with Crippen LogP contribution in [0.15, 0.2) is 66.7 Å². The SMILES string of the molecule is O=C(O)c1cc(Cl)c(OCc2ccccc2)c(OCc2ccccc2)c1Cl. The topological polar surface area (TPSA) is 55.8 Å². The average Bonchev–Trinajstić information content (AvgIpc) is 2.68. The Morgan fingerprint density at radius 2 is 1.30 bits per heavy atom. The second kappa shape index (κ2) is 8.80. The van der Waals surface area contributed by atoms with Gasteiger partial charge in [-0.25, -0.2) is 4.79 Å². The van der Waals surface area contributed by atoms with Gasteiger partial charge in [0.1, 0.15) is 18.2 Å². The zero-order valence-corrected chi connectivity index (χ0v) is 15.7. The lowest BCUT2D eigenvalue weighted by Gasteiger charge is -2.17. The van der Waals surface area contributed by atoms with E-state index in [9.17, 15) is 9.90 Å². The minimum atomic E-state index is -1.19. The van der Waals surface area contributed by atoms with Crippen LogP contribution < -0.4 is 9.47 Å². The molecule has 0 aliphatic heterocycles. The normalized spacial score (nSPS) is 10.4. The Kier molecular flexibility index (Phi) is 6.22. The number of carboxylic acid groups (broad SMARTS) is 1. The van der Waals surface area contributed by atoms with Crippen molar-refractivity contribution in [2.45, 2.75) is 13.2 Å². The van der Waals surface area contributed by atoms with Crippen molar-refractivity contribution in [3.63, 3.8) is 0 Å². The number of benzene rings is 3. The number of hydrogen-bond donors (Lipinski definition) is 1. The Labute approximate surface area is 166 Å². The summed E-state index contributed by atoms with van der Waals surface area (Å²) in [6.45, 7) is 0.437. The van der Waals surface area contributed by atoms with E-state index >= 15 is 0 Å². The molecule has 0 aliphatic carbocycles. The molecule has 6 heteroatoms. The average molecular weight is 403 g/mol. The van der Waals surface area contributed by atoms with Crippen molar-refractivity contribution in [3.8, 4) is 11.5 Å². The fourth-order valence-corrected chi connectivity index (χ4v) is 2.99. The summed E-state index contributed by atoms with van der Waals surface area (Å²) in [4.78, 5) is 11.5. The molecule has 0 spiro atoms. The van der Waals surface area contributed by atoms with E-state index in [-0.39, 0.29) is 40.3 Å². The third kappa shape index (κ3) is 4.73. The van der Waals surface area contributed by atoms with Crippen LogP contribution >= 0.6 is 23.2 Å². The molecule has 27 heavy (non-hydrogen) atoms. The van der Waals surface area contributed by atoms with E-state index in [2.05, 4.69) is 0 Å². The van der Waals surface area contributed by atoms with E-state index in [0.29, 0.717) is 0 Å². The van der Waals surface area contributed by atoms with E-state index in [0.717, 1.165) is 11.1 Å². The molecule has 138 valence electrons. The molecule has 3 rings (SSSR count). The van der Waals surface area contributed by atoms with E-state index in [4.69, 9.17) is 32.7 Å². The predicted molar refractivity (Wildman–Crippen MR) is 105 cm³/mol. The van der Waals surface area contributed by atoms with E-state index < -0.39 is 5.97 Å². The van der Waals surface area contributed by atoms with Gasteiger partial charge in [-0.15, -0.1) is 0 Å². The molecule has 0 saturated heterocycles. The highest BCUT2D eigenvalue weighted by atomic mass is 35.5. The lowest BCUT2D eigenvalue weighted by Crippen LogP contribution is -2.05. The number of ether oxygens (including phenoxy) is 2. The smallest absolute Gasteiger partial charge is 0.337 e. The summed E-state index contributed by atoms with van der Waals surface area (Å²) in [5, 5.41) is 9.43. The summed E-state index contributed by atoms with van der Waals surface area (Å²) in [6, 6.07) is 20.2. The second-order valence-corrected chi connectivity index (χ2v) is 6.52. The van der Waals surface area contributed by atoms with Gasteiger partial charge in [0.15, 0.2) is 11.5 Å². The molecule has 3 aromatic carbocycles. The number of aromatic carboxylic acids is 1. The van der Waals surface area contributed by atoms with E-state index in [1.54, 1.807) is 0 Å². The van der Waals surface area contributed by atoms with Crippen molar-refractivity contribution in [2.75, 3.05) is 0 Å². The summed E-state index contributed by atoms with van der Waals surface area (Å²) in [6.07, 6.45) is 0. The lowest BCUT2D eigenvalue weighted by molar-refractivity contribution is 0.0696. The van der Waals surface area contributed by atoms with Crippen LogP contribution in [0.1, 0.15) is 21.5 Å². The highest BCUT2D eigenvalue weighted by Gasteiger charge is 2.22. The van der Waals surface area contributed by atoms with Crippen LogP contribution in [-0.2, 0) is 13.2 Å². The Bertz CT molecular complexity index is 928. The van der Waals surface area contributed by atoms with Crippen LogP contribution in [-0.4, -0.2) is 11.1 Å². The summed E-state index contributed by atoms with van der Waals surface area (Å²) < 4.78 is 11.6. The van der Waals surface area contributed by atoms with Crippen molar-refractivity contribution in [3.05, 3.63) is 93.5 Å². The summed E-state index contributed by atoms with van der Waals surface area (Å²) >= 11 is 12.6. The predicted octanol–water partition coefficient (Wildman–Crippen LogP) is 5.85. The third-order valence-corrected chi connectivity index (χ3v) is 4.47. The largest absolute Gasteiger partial charge is 0.483 e. The van der Waals surface area contributed by atoms with Crippen molar-refractivity contribution in [2.24, 2.45) is 0 Å². The van der Waals surface area contributed by atoms with Crippen molar-refractivity contribution >= 4 is 29.2 Å². The van der Waals surface area contributed by atoms with Gasteiger partial charge < -0.3 is 14.6 Å². The third-order valence-electron chi connectivity index (χ3n) is 3.81.